The molecule has 3 nitrogen and oxygen atoms in total. The van der Waals surface area contributed by atoms with E-state index in [1.807, 2.05) is 31.3 Å². The van der Waals surface area contributed by atoms with E-state index < -0.39 is 0 Å². The lowest BCUT2D eigenvalue weighted by Gasteiger charge is -2.18. The summed E-state index contributed by atoms with van der Waals surface area (Å²) in [6, 6.07) is 7.82. The zero-order valence-corrected chi connectivity index (χ0v) is 11.6. The number of carbonyl (C=O) groups excluding carboxylic acids is 1. The standard InChI is InChI=1S/C15H23NO2/c1-4-5-6-11-15(17)16(2)12-13-9-7-8-10-14(13)18-3/h7-10H,4-6,11-12H2,1-3H3. The summed E-state index contributed by atoms with van der Waals surface area (Å²) in [5.41, 5.74) is 1.05. The molecule has 0 radical (unpaired) electrons. The average Bonchev–Trinajstić information content (AvgIpc) is 2.39. The van der Waals surface area contributed by atoms with Gasteiger partial charge in [-0.2, -0.15) is 0 Å². The van der Waals surface area contributed by atoms with E-state index in [0.29, 0.717) is 13.0 Å². The number of rotatable bonds is 7. The van der Waals surface area contributed by atoms with Crippen LogP contribution in [0.1, 0.15) is 38.2 Å². The van der Waals surface area contributed by atoms with Crippen LogP contribution in [-0.4, -0.2) is 25.0 Å². The van der Waals surface area contributed by atoms with Crippen LogP contribution in [0.15, 0.2) is 24.3 Å². The van der Waals surface area contributed by atoms with Crippen LogP contribution in [-0.2, 0) is 11.3 Å². The molecule has 0 N–H and O–H groups in total. The molecular formula is C15H23NO2. The third kappa shape index (κ3) is 4.40. The van der Waals surface area contributed by atoms with Crippen molar-refractivity contribution in [3.63, 3.8) is 0 Å². The van der Waals surface area contributed by atoms with Gasteiger partial charge in [0.05, 0.1) is 7.11 Å². The lowest BCUT2D eigenvalue weighted by atomic mass is 10.1. The molecule has 0 aliphatic rings. The first-order chi connectivity index (χ1) is 8.69. The Balaban J connectivity index is 2.52. The van der Waals surface area contributed by atoms with Crippen LogP contribution in [0.2, 0.25) is 0 Å². The zero-order chi connectivity index (χ0) is 13.4. The third-order valence-corrected chi connectivity index (χ3v) is 3.02. The van der Waals surface area contributed by atoms with Gasteiger partial charge < -0.3 is 9.64 Å². The molecule has 18 heavy (non-hydrogen) atoms. The summed E-state index contributed by atoms with van der Waals surface area (Å²) in [4.78, 5) is 13.7. The Morgan fingerprint density at radius 1 is 1.28 bits per heavy atom. The van der Waals surface area contributed by atoms with Gasteiger partial charge in [0.2, 0.25) is 5.91 Å². The van der Waals surface area contributed by atoms with Crippen molar-refractivity contribution in [2.24, 2.45) is 0 Å². The zero-order valence-electron chi connectivity index (χ0n) is 11.6. The van der Waals surface area contributed by atoms with Crippen molar-refractivity contribution in [1.82, 2.24) is 4.90 Å². The van der Waals surface area contributed by atoms with Crippen LogP contribution in [0, 0.1) is 0 Å². The van der Waals surface area contributed by atoms with Crippen LogP contribution in [0.3, 0.4) is 0 Å². The summed E-state index contributed by atoms with van der Waals surface area (Å²) < 4.78 is 5.29. The molecule has 0 fully saturated rings. The summed E-state index contributed by atoms with van der Waals surface area (Å²) in [6.07, 6.45) is 3.88. The molecule has 0 aliphatic heterocycles. The third-order valence-electron chi connectivity index (χ3n) is 3.02. The number of carbonyl (C=O) groups is 1. The second kappa shape index (κ2) is 7.75. The average molecular weight is 249 g/mol. The summed E-state index contributed by atoms with van der Waals surface area (Å²) in [7, 11) is 3.50. The van der Waals surface area contributed by atoms with E-state index in [4.69, 9.17) is 4.74 Å². The summed E-state index contributed by atoms with van der Waals surface area (Å²) in [5, 5.41) is 0. The Hall–Kier alpha value is -1.51. The van der Waals surface area contributed by atoms with E-state index in [1.165, 1.54) is 0 Å². The van der Waals surface area contributed by atoms with Crippen molar-refractivity contribution in [3.05, 3.63) is 29.8 Å². The number of hydrogen-bond acceptors (Lipinski definition) is 2. The maximum Gasteiger partial charge on any atom is 0.222 e. The number of ether oxygens (including phenoxy) is 1. The van der Waals surface area contributed by atoms with Crippen molar-refractivity contribution < 1.29 is 9.53 Å². The van der Waals surface area contributed by atoms with Crippen molar-refractivity contribution in [2.75, 3.05) is 14.2 Å². The normalized spacial score (nSPS) is 10.2. The minimum atomic E-state index is 0.203. The van der Waals surface area contributed by atoms with Crippen LogP contribution >= 0.6 is 0 Å². The topological polar surface area (TPSA) is 29.5 Å². The summed E-state index contributed by atoms with van der Waals surface area (Å²) >= 11 is 0. The lowest BCUT2D eigenvalue weighted by Crippen LogP contribution is -2.26. The predicted molar refractivity (Wildman–Crippen MR) is 73.6 cm³/mol. The fourth-order valence-corrected chi connectivity index (χ4v) is 1.89. The molecule has 1 amide bonds. The van der Waals surface area contributed by atoms with Gasteiger partial charge in [0.15, 0.2) is 0 Å². The smallest absolute Gasteiger partial charge is 0.222 e. The van der Waals surface area contributed by atoms with Gasteiger partial charge in [-0.15, -0.1) is 0 Å². The first-order valence-electron chi connectivity index (χ1n) is 6.55. The van der Waals surface area contributed by atoms with Crippen LogP contribution < -0.4 is 4.74 Å². The van der Waals surface area contributed by atoms with E-state index in [1.54, 1.807) is 12.0 Å². The minimum absolute atomic E-state index is 0.203. The van der Waals surface area contributed by atoms with E-state index in [9.17, 15) is 4.79 Å². The highest BCUT2D eigenvalue weighted by atomic mass is 16.5. The maximum absolute atomic E-state index is 11.9. The Labute approximate surface area is 110 Å². The molecule has 100 valence electrons. The molecule has 0 aliphatic carbocycles. The van der Waals surface area contributed by atoms with Crippen molar-refractivity contribution in [1.29, 1.82) is 0 Å². The van der Waals surface area contributed by atoms with Gasteiger partial charge in [0, 0.05) is 25.6 Å². The van der Waals surface area contributed by atoms with Gasteiger partial charge in [-0.05, 0) is 12.5 Å². The summed E-state index contributed by atoms with van der Waals surface area (Å²) in [6.45, 7) is 2.75. The first kappa shape index (κ1) is 14.6. The number of benzene rings is 1. The monoisotopic (exact) mass is 249 g/mol. The van der Waals surface area contributed by atoms with Crippen molar-refractivity contribution >= 4 is 5.91 Å². The molecule has 0 saturated carbocycles. The maximum atomic E-state index is 11.9. The molecule has 1 aromatic rings. The molecule has 1 aromatic carbocycles. The van der Waals surface area contributed by atoms with Gasteiger partial charge >= 0.3 is 0 Å². The van der Waals surface area contributed by atoms with Crippen LogP contribution in [0.4, 0.5) is 0 Å². The number of unbranched alkanes of at least 4 members (excludes halogenated alkanes) is 2. The predicted octanol–water partition coefficient (Wildman–Crippen LogP) is 3.23. The van der Waals surface area contributed by atoms with Gasteiger partial charge in [-0.25, -0.2) is 0 Å². The number of para-hydroxylation sites is 1. The molecule has 0 heterocycles. The molecule has 0 spiro atoms. The van der Waals surface area contributed by atoms with E-state index in [2.05, 4.69) is 6.92 Å². The van der Waals surface area contributed by atoms with E-state index in [0.717, 1.165) is 30.6 Å². The number of methoxy groups -OCH3 is 1. The molecule has 0 bridgehead atoms. The highest BCUT2D eigenvalue weighted by molar-refractivity contribution is 5.75. The molecule has 0 saturated heterocycles. The Morgan fingerprint density at radius 3 is 2.67 bits per heavy atom. The Morgan fingerprint density at radius 2 is 2.00 bits per heavy atom. The molecule has 0 aromatic heterocycles. The van der Waals surface area contributed by atoms with Gasteiger partial charge in [0.1, 0.15) is 5.75 Å². The van der Waals surface area contributed by atoms with Crippen molar-refractivity contribution in [3.8, 4) is 5.75 Å². The van der Waals surface area contributed by atoms with E-state index >= 15 is 0 Å². The Kier molecular flexibility index (Phi) is 6.26. The fraction of sp³-hybridized carbons (Fsp3) is 0.533. The summed E-state index contributed by atoms with van der Waals surface area (Å²) in [5.74, 6) is 1.04. The molecule has 0 unspecified atom stereocenters. The molecule has 1 rings (SSSR count). The highest BCUT2D eigenvalue weighted by Gasteiger charge is 2.11. The van der Waals surface area contributed by atoms with Crippen LogP contribution in [0.25, 0.3) is 0 Å². The number of hydrogen-bond donors (Lipinski definition) is 0. The molecular weight excluding hydrogens is 226 g/mol. The van der Waals surface area contributed by atoms with Gasteiger partial charge in [-0.3, -0.25) is 4.79 Å². The number of amides is 1. The quantitative estimate of drug-likeness (QED) is 0.694. The van der Waals surface area contributed by atoms with Crippen LogP contribution in [0.5, 0.6) is 5.75 Å². The van der Waals surface area contributed by atoms with E-state index in [-0.39, 0.29) is 5.91 Å². The minimum Gasteiger partial charge on any atom is -0.496 e. The van der Waals surface area contributed by atoms with Gasteiger partial charge in [0.25, 0.3) is 0 Å². The largest absolute Gasteiger partial charge is 0.496 e. The SMILES string of the molecule is CCCCCC(=O)N(C)Cc1ccccc1OC. The first-order valence-corrected chi connectivity index (χ1v) is 6.55. The second-order valence-electron chi connectivity index (χ2n) is 4.52. The fourth-order valence-electron chi connectivity index (χ4n) is 1.89. The number of nitrogens with zero attached hydrogens (tertiary/aromatic N) is 1. The van der Waals surface area contributed by atoms with Crippen molar-refractivity contribution in [2.45, 2.75) is 39.2 Å². The van der Waals surface area contributed by atoms with Gasteiger partial charge in [-0.1, -0.05) is 38.0 Å². The lowest BCUT2D eigenvalue weighted by molar-refractivity contribution is -0.130. The second-order valence-corrected chi connectivity index (χ2v) is 4.52. The molecule has 3 heteroatoms. The Bertz CT molecular complexity index is 377. The highest BCUT2D eigenvalue weighted by Crippen LogP contribution is 2.19. The molecule has 0 atom stereocenters.